The van der Waals surface area contributed by atoms with Crippen molar-refractivity contribution in [3.8, 4) is 0 Å². The molecule has 8 nitrogen and oxygen atoms in total. The molecule has 4 unspecified atom stereocenters. The maximum Gasteiger partial charge on any atom is 1.00 e. The Bertz CT molecular complexity index is 474. The van der Waals surface area contributed by atoms with Crippen LogP contribution in [0.3, 0.4) is 0 Å². The van der Waals surface area contributed by atoms with Crippen LogP contribution >= 0.6 is 0 Å². The Kier molecular flexibility index (Phi) is 19.1. The molecule has 0 saturated carbocycles. The minimum Gasteiger partial charge on any atom is -0.480 e. The third-order valence-electron chi connectivity index (χ3n) is 4.63. The van der Waals surface area contributed by atoms with E-state index in [4.69, 9.17) is 5.11 Å². The first kappa shape index (κ1) is 30.5. The molecular weight excluding hydrogens is 387 g/mol. The summed E-state index contributed by atoms with van der Waals surface area (Å²) in [6.07, 6.45) is 7.83. The summed E-state index contributed by atoms with van der Waals surface area (Å²) in [4.78, 5) is 35.3. The number of aliphatic hydroxyl groups excluding tert-OH is 2. The second kappa shape index (κ2) is 18.1. The van der Waals surface area contributed by atoms with Gasteiger partial charge in [-0.15, -0.1) is 0 Å². The Morgan fingerprint density at radius 3 is 1.62 bits per heavy atom. The molecule has 0 aromatic rings. The minimum atomic E-state index is -1.51. The first-order valence-corrected chi connectivity index (χ1v) is 10.4. The molecule has 164 valence electrons. The van der Waals surface area contributed by atoms with Crippen molar-refractivity contribution in [3.63, 3.8) is 0 Å². The third-order valence-corrected chi connectivity index (χ3v) is 4.63. The number of unbranched alkanes of at least 4 members (excludes halogenated alkanes) is 8. The van der Waals surface area contributed by atoms with Crippen LogP contribution in [0.4, 0.5) is 0 Å². The average molecular weight is 426 g/mol. The van der Waals surface area contributed by atoms with E-state index in [2.05, 4.69) is 17.6 Å². The van der Waals surface area contributed by atoms with E-state index in [0.717, 1.165) is 19.3 Å². The van der Waals surface area contributed by atoms with Crippen LogP contribution in [-0.2, 0) is 14.4 Å². The molecule has 0 aliphatic heterocycles. The molecular formula is C20H38N2NaO6+. The Morgan fingerprint density at radius 1 is 0.759 bits per heavy atom. The van der Waals surface area contributed by atoms with Gasteiger partial charge in [-0.25, -0.2) is 4.79 Å². The van der Waals surface area contributed by atoms with Crippen LogP contribution in [0.5, 0.6) is 0 Å². The van der Waals surface area contributed by atoms with E-state index in [1.807, 2.05) is 0 Å². The molecule has 9 heteroatoms. The summed E-state index contributed by atoms with van der Waals surface area (Å²) in [5, 5.41) is 32.8. The van der Waals surface area contributed by atoms with Gasteiger partial charge in [0.1, 0.15) is 6.04 Å². The van der Waals surface area contributed by atoms with E-state index in [9.17, 15) is 24.6 Å². The predicted octanol–water partition coefficient (Wildman–Crippen LogP) is -1.27. The van der Waals surface area contributed by atoms with Gasteiger partial charge in [0, 0.05) is 6.42 Å². The fraction of sp³-hybridized carbons (Fsp3) is 0.850. The minimum absolute atomic E-state index is 0. The number of amides is 2. The molecule has 0 heterocycles. The second-order valence-corrected chi connectivity index (χ2v) is 7.43. The van der Waals surface area contributed by atoms with Crippen molar-refractivity contribution < 1.29 is 59.3 Å². The molecule has 0 spiro atoms. The maximum absolute atomic E-state index is 12.2. The Balaban J connectivity index is 0. The molecule has 0 fully saturated rings. The zero-order valence-electron chi connectivity index (χ0n) is 18.4. The first-order valence-electron chi connectivity index (χ1n) is 10.4. The van der Waals surface area contributed by atoms with Gasteiger partial charge >= 0.3 is 35.5 Å². The van der Waals surface area contributed by atoms with Gasteiger partial charge in [0.05, 0.1) is 12.2 Å². The first-order chi connectivity index (χ1) is 13.2. The van der Waals surface area contributed by atoms with Gasteiger partial charge < -0.3 is 26.0 Å². The average Bonchev–Trinajstić information content (AvgIpc) is 2.61. The zero-order chi connectivity index (χ0) is 21.5. The summed E-state index contributed by atoms with van der Waals surface area (Å²) < 4.78 is 0. The molecule has 4 atom stereocenters. The van der Waals surface area contributed by atoms with Gasteiger partial charge in [0.15, 0.2) is 6.04 Å². The van der Waals surface area contributed by atoms with Gasteiger partial charge in [-0.05, 0) is 20.3 Å². The van der Waals surface area contributed by atoms with E-state index in [0.29, 0.717) is 6.42 Å². The summed E-state index contributed by atoms with van der Waals surface area (Å²) in [6, 6.07) is -2.78. The van der Waals surface area contributed by atoms with Crippen LogP contribution < -0.4 is 40.2 Å². The van der Waals surface area contributed by atoms with Crippen LogP contribution in [0.25, 0.3) is 0 Å². The summed E-state index contributed by atoms with van der Waals surface area (Å²) in [5.74, 6) is -2.61. The molecule has 0 aliphatic carbocycles. The van der Waals surface area contributed by atoms with Crippen LogP contribution in [0.2, 0.25) is 0 Å². The summed E-state index contributed by atoms with van der Waals surface area (Å²) in [7, 11) is 0. The largest absolute Gasteiger partial charge is 1.00 e. The smallest absolute Gasteiger partial charge is 0.480 e. The number of carboxylic acid groups (broad SMARTS) is 1. The van der Waals surface area contributed by atoms with Crippen molar-refractivity contribution in [2.24, 2.45) is 0 Å². The van der Waals surface area contributed by atoms with Crippen molar-refractivity contribution >= 4 is 17.8 Å². The van der Waals surface area contributed by atoms with Gasteiger partial charge in [-0.1, -0.05) is 58.3 Å². The van der Waals surface area contributed by atoms with Crippen LogP contribution in [0, 0.1) is 0 Å². The molecule has 5 N–H and O–H groups in total. The molecule has 2 amide bonds. The molecule has 0 aliphatic rings. The third kappa shape index (κ3) is 14.9. The fourth-order valence-electron chi connectivity index (χ4n) is 2.88. The Morgan fingerprint density at radius 2 is 1.21 bits per heavy atom. The number of carbonyl (C=O) groups excluding carboxylic acids is 2. The number of carboxylic acids is 1. The van der Waals surface area contributed by atoms with Gasteiger partial charge in [0.25, 0.3) is 0 Å². The quantitative estimate of drug-likeness (QED) is 0.155. The van der Waals surface area contributed by atoms with E-state index in [1.54, 1.807) is 0 Å². The topological polar surface area (TPSA) is 136 Å². The van der Waals surface area contributed by atoms with Gasteiger partial charge in [0.2, 0.25) is 11.8 Å². The number of aliphatic hydroxyl groups is 2. The van der Waals surface area contributed by atoms with Crippen LogP contribution in [-0.4, -0.2) is 57.4 Å². The van der Waals surface area contributed by atoms with Crippen LogP contribution in [0.15, 0.2) is 0 Å². The fourth-order valence-corrected chi connectivity index (χ4v) is 2.88. The standard InChI is InChI=1S/C20H38N2O6.Na/c1-4-5-6-7-8-9-10-11-12-13-16(25)21-17(14(2)23)19(26)22-18(15(3)24)20(27)28;/h14-15,17-18,23-24H,4-13H2,1-3H3,(H,21,25)(H,22,26)(H,27,28);/q;+1. The van der Waals surface area contributed by atoms with Crippen molar-refractivity contribution in [2.45, 2.75) is 109 Å². The van der Waals surface area contributed by atoms with Gasteiger partial charge in [-0.2, -0.15) is 0 Å². The number of hydrogen-bond acceptors (Lipinski definition) is 5. The maximum atomic E-state index is 12.2. The number of hydrogen-bond donors (Lipinski definition) is 5. The predicted molar refractivity (Wildman–Crippen MR) is 107 cm³/mol. The van der Waals surface area contributed by atoms with Crippen molar-refractivity contribution in [2.75, 3.05) is 0 Å². The number of aliphatic carboxylic acids is 1. The summed E-state index contributed by atoms with van der Waals surface area (Å²) >= 11 is 0. The van der Waals surface area contributed by atoms with E-state index < -0.39 is 36.2 Å². The number of nitrogens with one attached hydrogen (secondary N) is 2. The Hall–Kier alpha value is -0.670. The van der Waals surface area contributed by atoms with Crippen molar-refractivity contribution in [1.82, 2.24) is 10.6 Å². The van der Waals surface area contributed by atoms with Crippen molar-refractivity contribution in [1.29, 1.82) is 0 Å². The summed E-state index contributed by atoms with van der Waals surface area (Å²) in [5.41, 5.74) is 0. The number of carbonyl (C=O) groups is 3. The van der Waals surface area contributed by atoms with Gasteiger partial charge in [-0.3, -0.25) is 9.59 Å². The SMILES string of the molecule is CCCCCCCCCCCC(=O)NC(C(=O)NC(C(=O)O)C(C)O)C(C)O.[Na+]. The molecule has 0 saturated heterocycles. The van der Waals surface area contributed by atoms with Crippen molar-refractivity contribution in [3.05, 3.63) is 0 Å². The monoisotopic (exact) mass is 425 g/mol. The molecule has 0 aromatic carbocycles. The molecule has 0 bridgehead atoms. The molecule has 29 heavy (non-hydrogen) atoms. The molecule has 0 radical (unpaired) electrons. The molecule has 0 aromatic heterocycles. The van der Waals surface area contributed by atoms with E-state index in [-0.39, 0.29) is 41.9 Å². The number of rotatable bonds is 16. The zero-order valence-corrected chi connectivity index (χ0v) is 20.4. The Labute approximate surface area is 196 Å². The summed E-state index contributed by atoms with van der Waals surface area (Å²) in [6.45, 7) is 4.76. The normalized spacial score (nSPS) is 14.8. The van der Waals surface area contributed by atoms with Crippen LogP contribution in [0.1, 0.15) is 85.0 Å². The molecule has 0 rings (SSSR count). The van der Waals surface area contributed by atoms with E-state index in [1.165, 1.54) is 46.0 Å². The van der Waals surface area contributed by atoms with E-state index >= 15 is 0 Å². The second-order valence-electron chi connectivity index (χ2n) is 7.43.